The van der Waals surface area contributed by atoms with Gasteiger partial charge in [-0.15, -0.1) is 9.24 Å². The molecule has 0 amide bonds. The molecule has 0 saturated heterocycles. The number of thioether (sulfide) groups is 1. The van der Waals surface area contributed by atoms with E-state index in [1.165, 1.54) is 13.3 Å². The summed E-state index contributed by atoms with van der Waals surface area (Å²) < 4.78 is 33.5. The SMILES string of the molecule is CC(C)CCCO.COP(N)c1nc(N)nc(SCC(F)(F)c2ncccc2P)n1. The van der Waals surface area contributed by atoms with E-state index in [1.807, 2.05) is 0 Å². The topological polar surface area (TPSA) is 133 Å². The molecule has 0 aliphatic carbocycles. The maximum absolute atomic E-state index is 14.3. The number of nitrogen functional groups attached to an aromatic ring is 1. The van der Waals surface area contributed by atoms with E-state index in [0.29, 0.717) is 11.9 Å². The van der Waals surface area contributed by atoms with E-state index in [9.17, 15) is 8.78 Å². The summed E-state index contributed by atoms with van der Waals surface area (Å²) in [6.45, 7) is 4.67. The fraction of sp³-hybridized carbons (Fsp3) is 0.529. The van der Waals surface area contributed by atoms with Crippen molar-refractivity contribution < 1.29 is 18.4 Å². The van der Waals surface area contributed by atoms with Gasteiger partial charge >= 0.3 is 0 Å². The molecule has 0 aliphatic rings. The summed E-state index contributed by atoms with van der Waals surface area (Å²) >= 11 is 0.745. The average Bonchev–Trinajstić information content (AvgIpc) is 2.70. The summed E-state index contributed by atoms with van der Waals surface area (Å²) in [5, 5.41) is 8.71. The van der Waals surface area contributed by atoms with Crippen LogP contribution in [0.15, 0.2) is 23.5 Å². The lowest BCUT2D eigenvalue weighted by Crippen LogP contribution is -2.25. The standard InChI is InChI=1S/C11H14F2N6OP2S.C6H14O/c1-20-22(15)9-17-8(14)18-10(19-9)23-5-11(12,13)7-6(21)3-2-4-16-7;1-6(2)4-3-5-7/h2-4H,5,15,21H2,1H3,(H2,14,17,18,19);6-7H,3-5H2,1-2H3. The molecule has 0 fully saturated rings. The molecule has 0 saturated carbocycles. The number of aromatic nitrogens is 4. The molecule has 0 aliphatic heterocycles. The number of aliphatic hydroxyl groups excluding tert-OH is 1. The van der Waals surface area contributed by atoms with E-state index in [4.69, 9.17) is 20.9 Å². The molecule has 0 bridgehead atoms. The quantitative estimate of drug-likeness (QED) is 0.365. The van der Waals surface area contributed by atoms with Gasteiger partial charge in [0.15, 0.2) is 13.5 Å². The highest BCUT2D eigenvalue weighted by atomic mass is 32.2. The van der Waals surface area contributed by atoms with Crippen LogP contribution in [0.4, 0.5) is 14.7 Å². The second-order valence-electron chi connectivity index (χ2n) is 6.48. The van der Waals surface area contributed by atoms with Gasteiger partial charge in [-0.05, 0) is 30.1 Å². The van der Waals surface area contributed by atoms with E-state index in [0.717, 1.165) is 30.5 Å². The van der Waals surface area contributed by atoms with E-state index < -0.39 is 20.0 Å². The number of hydrogen-bond donors (Lipinski definition) is 3. The van der Waals surface area contributed by atoms with Gasteiger partial charge in [-0.25, -0.2) is 0 Å². The normalized spacial score (nSPS) is 12.4. The largest absolute Gasteiger partial charge is 0.396 e. The molecule has 2 aromatic rings. The maximum atomic E-state index is 14.3. The summed E-state index contributed by atoms with van der Waals surface area (Å²) in [5.41, 5.74) is 11.1. The van der Waals surface area contributed by atoms with Gasteiger partial charge in [-0.1, -0.05) is 31.7 Å². The Balaban J connectivity index is 0.000000553. The molecule has 0 radical (unpaired) electrons. The highest BCUT2D eigenvalue weighted by Gasteiger charge is 2.35. The molecule has 2 heterocycles. The van der Waals surface area contributed by atoms with Crippen LogP contribution in [0.5, 0.6) is 0 Å². The van der Waals surface area contributed by atoms with Crippen molar-refractivity contribution in [1.29, 1.82) is 0 Å². The third kappa shape index (κ3) is 9.37. The lowest BCUT2D eigenvalue weighted by Gasteiger charge is -2.16. The zero-order valence-electron chi connectivity index (χ0n) is 17.1. The molecule has 168 valence electrons. The maximum Gasteiger partial charge on any atom is 0.299 e. The third-order valence-electron chi connectivity index (χ3n) is 3.52. The molecular formula is C17H28F2N6O2P2S. The van der Waals surface area contributed by atoms with E-state index in [-0.39, 0.29) is 22.4 Å². The summed E-state index contributed by atoms with van der Waals surface area (Å²) in [6.07, 6.45) is 3.43. The van der Waals surface area contributed by atoms with E-state index >= 15 is 0 Å². The van der Waals surface area contributed by atoms with Crippen molar-refractivity contribution in [3.8, 4) is 0 Å². The van der Waals surface area contributed by atoms with Crippen molar-refractivity contribution in [3.05, 3.63) is 24.0 Å². The summed E-state index contributed by atoms with van der Waals surface area (Å²) in [4.78, 5) is 15.4. The second-order valence-corrected chi connectivity index (χ2v) is 9.46. The van der Waals surface area contributed by atoms with Crippen molar-refractivity contribution >= 4 is 46.1 Å². The fourth-order valence-corrected chi connectivity index (χ4v) is 3.83. The molecule has 2 atom stereocenters. The Morgan fingerprint density at radius 3 is 2.57 bits per heavy atom. The number of nitrogens with two attached hydrogens (primary N) is 2. The number of alkyl halides is 2. The van der Waals surface area contributed by atoms with Crippen molar-refractivity contribution in [2.45, 2.75) is 37.8 Å². The monoisotopic (exact) mass is 480 g/mol. The highest BCUT2D eigenvalue weighted by molar-refractivity contribution is 7.99. The lowest BCUT2D eigenvalue weighted by atomic mass is 10.1. The minimum Gasteiger partial charge on any atom is -0.396 e. The Bertz CT molecular complexity index is 792. The van der Waals surface area contributed by atoms with Crippen LogP contribution in [0.1, 0.15) is 32.4 Å². The summed E-state index contributed by atoms with van der Waals surface area (Å²) in [7, 11) is 2.09. The Kier molecular flexibility index (Phi) is 12.0. The smallest absolute Gasteiger partial charge is 0.299 e. The number of pyridine rings is 1. The molecule has 13 heteroatoms. The lowest BCUT2D eigenvalue weighted by molar-refractivity contribution is 0.0196. The van der Waals surface area contributed by atoms with Crippen LogP contribution in [-0.4, -0.2) is 44.5 Å². The van der Waals surface area contributed by atoms with Crippen molar-refractivity contribution in [2.24, 2.45) is 11.4 Å². The van der Waals surface area contributed by atoms with Crippen LogP contribution >= 0.6 is 29.3 Å². The molecule has 0 spiro atoms. The van der Waals surface area contributed by atoms with Crippen molar-refractivity contribution in [3.63, 3.8) is 0 Å². The number of hydrogen-bond acceptors (Lipinski definition) is 9. The van der Waals surface area contributed by atoms with Crippen LogP contribution in [0.2, 0.25) is 0 Å². The average molecular weight is 480 g/mol. The van der Waals surface area contributed by atoms with Crippen molar-refractivity contribution in [1.82, 2.24) is 19.9 Å². The Morgan fingerprint density at radius 2 is 2.03 bits per heavy atom. The van der Waals surface area contributed by atoms with Crippen LogP contribution in [0.3, 0.4) is 0 Å². The first-order valence-corrected chi connectivity index (χ1v) is 11.9. The molecule has 30 heavy (non-hydrogen) atoms. The number of nitrogens with zero attached hydrogens (tertiary/aromatic N) is 4. The molecule has 2 unspecified atom stereocenters. The van der Waals surface area contributed by atoms with E-state index in [1.54, 1.807) is 12.1 Å². The van der Waals surface area contributed by atoms with Crippen LogP contribution < -0.4 is 22.1 Å². The molecule has 2 aromatic heterocycles. The predicted octanol–water partition coefficient (Wildman–Crippen LogP) is 2.19. The van der Waals surface area contributed by atoms with Crippen LogP contribution in [0.25, 0.3) is 0 Å². The number of aliphatic hydroxyl groups is 1. The first kappa shape index (κ1) is 26.9. The summed E-state index contributed by atoms with van der Waals surface area (Å²) in [5.74, 6) is -3.10. The van der Waals surface area contributed by atoms with Crippen molar-refractivity contribution in [2.75, 3.05) is 25.2 Å². The van der Waals surface area contributed by atoms with Gasteiger partial charge in [0.1, 0.15) is 5.69 Å². The first-order valence-electron chi connectivity index (χ1n) is 9.03. The zero-order valence-corrected chi connectivity index (χ0v) is 20.0. The molecular weight excluding hydrogens is 452 g/mol. The fourth-order valence-electron chi connectivity index (χ4n) is 2.05. The molecule has 8 nitrogen and oxygen atoms in total. The minimum atomic E-state index is -3.15. The van der Waals surface area contributed by atoms with Gasteiger partial charge in [0.05, 0.1) is 5.75 Å². The Morgan fingerprint density at radius 1 is 1.33 bits per heavy atom. The summed E-state index contributed by atoms with van der Waals surface area (Å²) in [6, 6.07) is 3.13. The third-order valence-corrected chi connectivity index (χ3v) is 5.92. The van der Waals surface area contributed by atoms with Crippen LogP contribution in [0, 0.1) is 5.92 Å². The Hall–Kier alpha value is -1.09. The van der Waals surface area contributed by atoms with Gasteiger partial charge in [0.25, 0.3) is 5.92 Å². The van der Waals surface area contributed by atoms with Crippen LogP contribution in [-0.2, 0) is 10.4 Å². The van der Waals surface area contributed by atoms with Gasteiger partial charge in [0, 0.05) is 19.9 Å². The Labute approximate surface area is 183 Å². The minimum absolute atomic E-state index is 0.0587. The second kappa shape index (κ2) is 13.3. The number of halogens is 2. The number of anilines is 1. The first-order chi connectivity index (χ1) is 14.1. The highest BCUT2D eigenvalue weighted by Crippen LogP contribution is 2.32. The zero-order chi connectivity index (χ0) is 22.7. The van der Waals surface area contributed by atoms with Gasteiger partial charge in [-0.2, -0.15) is 23.7 Å². The molecule has 0 aromatic carbocycles. The van der Waals surface area contributed by atoms with Gasteiger partial charge in [-0.3, -0.25) is 10.5 Å². The molecule has 5 N–H and O–H groups in total. The number of rotatable bonds is 9. The van der Waals surface area contributed by atoms with E-state index in [2.05, 4.69) is 43.0 Å². The van der Waals surface area contributed by atoms with Gasteiger partial charge < -0.3 is 15.4 Å². The molecule has 2 rings (SSSR count). The van der Waals surface area contributed by atoms with Gasteiger partial charge in [0.2, 0.25) is 11.5 Å². The predicted molar refractivity (Wildman–Crippen MR) is 121 cm³/mol.